The molecular formula is C16H25NO. The molecule has 0 aromatic heterocycles. The third kappa shape index (κ3) is 2.69. The molecule has 2 N–H and O–H groups in total. The molecule has 2 rings (SSSR count). The molecule has 0 aliphatic heterocycles. The van der Waals surface area contributed by atoms with E-state index in [1.165, 1.54) is 18.4 Å². The maximum Gasteiger partial charge on any atom is 0.124 e. The second-order valence-electron chi connectivity index (χ2n) is 6.28. The van der Waals surface area contributed by atoms with E-state index in [1.807, 2.05) is 19.1 Å². The van der Waals surface area contributed by atoms with Crippen LogP contribution in [0.1, 0.15) is 52.0 Å². The Morgan fingerprint density at radius 1 is 1.22 bits per heavy atom. The Labute approximate surface area is 111 Å². The predicted molar refractivity (Wildman–Crippen MR) is 75.7 cm³/mol. The molecule has 1 aliphatic carbocycles. The van der Waals surface area contributed by atoms with Gasteiger partial charge in [-0.05, 0) is 37.7 Å². The number of hydrogen-bond acceptors (Lipinski definition) is 2. The van der Waals surface area contributed by atoms with Gasteiger partial charge in [-0.2, -0.15) is 0 Å². The Hall–Kier alpha value is -1.02. The average Bonchev–Trinajstić information content (AvgIpc) is 2.28. The summed E-state index contributed by atoms with van der Waals surface area (Å²) in [4.78, 5) is 0. The lowest BCUT2D eigenvalue weighted by Gasteiger charge is -2.43. The molecule has 100 valence electrons. The molecule has 0 saturated heterocycles. The zero-order chi connectivity index (χ0) is 13.2. The molecule has 1 saturated carbocycles. The summed E-state index contributed by atoms with van der Waals surface area (Å²) < 4.78 is 5.74. The molecule has 0 amide bonds. The Morgan fingerprint density at radius 3 is 2.61 bits per heavy atom. The minimum atomic E-state index is -0.229. The van der Waals surface area contributed by atoms with E-state index in [1.54, 1.807) is 0 Å². The monoisotopic (exact) mass is 247 g/mol. The summed E-state index contributed by atoms with van der Waals surface area (Å²) >= 11 is 0. The minimum Gasteiger partial charge on any atom is -0.494 e. The summed E-state index contributed by atoms with van der Waals surface area (Å²) in [6, 6.07) is 8.25. The van der Waals surface area contributed by atoms with Crippen molar-refractivity contribution in [1.29, 1.82) is 0 Å². The van der Waals surface area contributed by atoms with Crippen molar-refractivity contribution in [2.45, 2.75) is 52.0 Å². The van der Waals surface area contributed by atoms with Gasteiger partial charge in [0.1, 0.15) is 5.75 Å². The molecule has 2 nitrogen and oxygen atoms in total. The van der Waals surface area contributed by atoms with Gasteiger partial charge < -0.3 is 10.5 Å². The molecule has 1 atom stereocenters. The van der Waals surface area contributed by atoms with Gasteiger partial charge in [0.05, 0.1) is 6.61 Å². The molecular weight excluding hydrogens is 222 g/mol. The van der Waals surface area contributed by atoms with Crippen LogP contribution in [-0.2, 0) is 5.54 Å². The standard InChI is InChI=1S/C16H25NO/c1-4-18-14-9-6-5-8-13(14)16(17)11-7-10-15(2,3)12-16/h5-6,8-9H,4,7,10-12,17H2,1-3H3. The maximum absolute atomic E-state index is 6.71. The molecule has 1 aliphatic rings. The van der Waals surface area contributed by atoms with Gasteiger partial charge in [-0.15, -0.1) is 0 Å². The van der Waals surface area contributed by atoms with Crippen LogP contribution < -0.4 is 10.5 Å². The average molecular weight is 247 g/mol. The van der Waals surface area contributed by atoms with Crippen LogP contribution in [0.25, 0.3) is 0 Å². The van der Waals surface area contributed by atoms with E-state index >= 15 is 0 Å². The Kier molecular flexibility index (Phi) is 3.67. The first-order chi connectivity index (χ1) is 8.47. The van der Waals surface area contributed by atoms with E-state index < -0.39 is 0 Å². The third-order valence-corrected chi connectivity index (χ3v) is 3.99. The molecule has 1 fully saturated rings. The van der Waals surface area contributed by atoms with Gasteiger partial charge >= 0.3 is 0 Å². The second kappa shape index (κ2) is 4.93. The van der Waals surface area contributed by atoms with Crippen LogP contribution in [0.3, 0.4) is 0 Å². The highest BCUT2D eigenvalue weighted by molar-refractivity contribution is 5.39. The smallest absolute Gasteiger partial charge is 0.124 e. The molecule has 18 heavy (non-hydrogen) atoms. The highest BCUT2D eigenvalue weighted by Gasteiger charge is 2.39. The number of benzene rings is 1. The van der Waals surface area contributed by atoms with Crippen molar-refractivity contribution in [2.24, 2.45) is 11.1 Å². The van der Waals surface area contributed by atoms with E-state index in [-0.39, 0.29) is 5.54 Å². The van der Waals surface area contributed by atoms with Crippen LogP contribution in [0.5, 0.6) is 5.75 Å². The number of hydrogen-bond donors (Lipinski definition) is 1. The fraction of sp³-hybridized carbons (Fsp3) is 0.625. The lowest BCUT2D eigenvalue weighted by molar-refractivity contribution is 0.147. The van der Waals surface area contributed by atoms with Gasteiger partial charge in [0.25, 0.3) is 0 Å². The molecule has 1 unspecified atom stereocenters. The van der Waals surface area contributed by atoms with Crippen LogP contribution in [-0.4, -0.2) is 6.61 Å². The lowest BCUT2D eigenvalue weighted by Crippen LogP contribution is -2.44. The SMILES string of the molecule is CCOc1ccccc1C1(N)CCCC(C)(C)C1. The van der Waals surface area contributed by atoms with E-state index in [0.29, 0.717) is 12.0 Å². The Bertz CT molecular complexity index is 413. The summed E-state index contributed by atoms with van der Waals surface area (Å²) in [5, 5.41) is 0. The molecule has 1 aromatic carbocycles. The molecule has 0 heterocycles. The van der Waals surface area contributed by atoms with Gasteiger partial charge in [0, 0.05) is 11.1 Å². The van der Waals surface area contributed by atoms with E-state index in [9.17, 15) is 0 Å². The first-order valence-corrected chi connectivity index (χ1v) is 6.98. The van der Waals surface area contributed by atoms with Crippen molar-refractivity contribution >= 4 is 0 Å². The summed E-state index contributed by atoms with van der Waals surface area (Å²) in [5.74, 6) is 0.959. The topological polar surface area (TPSA) is 35.2 Å². The predicted octanol–water partition coefficient (Wildman–Crippen LogP) is 3.84. The Balaban J connectivity index is 2.34. The van der Waals surface area contributed by atoms with Crippen molar-refractivity contribution in [2.75, 3.05) is 6.61 Å². The molecule has 1 aromatic rings. The largest absolute Gasteiger partial charge is 0.494 e. The number of nitrogens with two attached hydrogens (primary N) is 1. The maximum atomic E-state index is 6.71. The van der Waals surface area contributed by atoms with E-state index in [2.05, 4.69) is 26.0 Å². The number of para-hydroxylation sites is 1. The summed E-state index contributed by atoms with van der Waals surface area (Å²) in [6.07, 6.45) is 4.55. The van der Waals surface area contributed by atoms with Crippen molar-refractivity contribution in [3.8, 4) is 5.75 Å². The van der Waals surface area contributed by atoms with Crippen LogP contribution >= 0.6 is 0 Å². The van der Waals surface area contributed by atoms with Gasteiger partial charge in [-0.25, -0.2) is 0 Å². The lowest BCUT2D eigenvalue weighted by atomic mass is 9.66. The molecule has 0 radical (unpaired) electrons. The fourth-order valence-corrected chi connectivity index (χ4v) is 3.30. The molecule has 2 heteroatoms. The van der Waals surface area contributed by atoms with Crippen molar-refractivity contribution in [3.63, 3.8) is 0 Å². The summed E-state index contributed by atoms with van der Waals surface area (Å²) in [7, 11) is 0. The van der Waals surface area contributed by atoms with Gasteiger partial charge in [0.15, 0.2) is 0 Å². The highest BCUT2D eigenvalue weighted by atomic mass is 16.5. The van der Waals surface area contributed by atoms with Crippen LogP contribution in [0, 0.1) is 5.41 Å². The fourth-order valence-electron chi connectivity index (χ4n) is 3.30. The number of rotatable bonds is 3. The zero-order valence-corrected chi connectivity index (χ0v) is 11.8. The van der Waals surface area contributed by atoms with Gasteiger partial charge in [0.2, 0.25) is 0 Å². The highest BCUT2D eigenvalue weighted by Crippen LogP contribution is 2.46. The number of ether oxygens (including phenoxy) is 1. The first-order valence-electron chi connectivity index (χ1n) is 6.98. The summed E-state index contributed by atoms with van der Waals surface area (Å²) in [5.41, 5.74) is 7.98. The Morgan fingerprint density at radius 2 is 1.94 bits per heavy atom. The van der Waals surface area contributed by atoms with Crippen LogP contribution in [0.4, 0.5) is 0 Å². The van der Waals surface area contributed by atoms with Crippen LogP contribution in [0.15, 0.2) is 24.3 Å². The van der Waals surface area contributed by atoms with Crippen molar-refractivity contribution in [3.05, 3.63) is 29.8 Å². The van der Waals surface area contributed by atoms with Crippen LogP contribution in [0.2, 0.25) is 0 Å². The van der Waals surface area contributed by atoms with E-state index in [4.69, 9.17) is 10.5 Å². The first kappa shape index (κ1) is 13.4. The van der Waals surface area contributed by atoms with Crippen molar-refractivity contribution < 1.29 is 4.74 Å². The van der Waals surface area contributed by atoms with Crippen molar-refractivity contribution in [1.82, 2.24) is 0 Å². The quantitative estimate of drug-likeness (QED) is 0.880. The van der Waals surface area contributed by atoms with Gasteiger partial charge in [-0.3, -0.25) is 0 Å². The van der Waals surface area contributed by atoms with Gasteiger partial charge in [-0.1, -0.05) is 38.5 Å². The summed E-state index contributed by atoms with van der Waals surface area (Å²) in [6.45, 7) is 7.34. The van der Waals surface area contributed by atoms with E-state index in [0.717, 1.165) is 18.6 Å². The molecule has 0 bridgehead atoms. The zero-order valence-electron chi connectivity index (χ0n) is 11.8. The molecule has 0 spiro atoms. The normalized spacial score (nSPS) is 26.9. The second-order valence-corrected chi connectivity index (χ2v) is 6.28. The third-order valence-electron chi connectivity index (χ3n) is 3.99. The minimum absolute atomic E-state index is 0.229.